The highest BCUT2D eigenvalue weighted by Crippen LogP contribution is 2.30. The van der Waals surface area contributed by atoms with Crippen molar-refractivity contribution in [3.63, 3.8) is 0 Å². The molecule has 0 spiro atoms. The Morgan fingerprint density at radius 3 is 2.17 bits per heavy atom. The molecule has 6 heteroatoms. The molecule has 0 aliphatic rings. The summed E-state index contributed by atoms with van der Waals surface area (Å²) in [4.78, 5) is 0. The van der Waals surface area contributed by atoms with Gasteiger partial charge in [-0.25, -0.2) is 0 Å². The van der Waals surface area contributed by atoms with E-state index in [-0.39, 0.29) is 0 Å². The van der Waals surface area contributed by atoms with Crippen molar-refractivity contribution in [3.05, 3.63) is 65.7 Å². The second kappa shape index (κ2) is 9.16. The predicted octanol–water partition coefficient (Wildman–Crippen LogP) is 4.85. The van der Waals surface area contributed by atoms with Gasteiger partial charge >= 0.3 is 7.07 Å². The molecule has 0 bridgehead atoms. The summed E-state index contributed by atoms with van der Waals surface area (Å²) < 4.78 is 12.6. The maximum absolute atomic E-state index is 5.78. The molecule has 1 atom stereocenters. The van der Waals surface area contributed by atoms with Gasteiger partial charge in [-0.3, -0.25) is 4.52 Å². The molecule has 2 rings (SSSR count). The van der Waals surface area contributed by atoms with Gasteiger partial charge in [0.25, 0.3) is 0 Å². The van der Waals surface area contributed by atoms with E-state index >= 15 is 0 Å². The standard InChI is InChI=1S/C18H20N2O2PS/c1-4-5-15-6-12-18(13-7-15)22-23(24)20(2)19-14-16-8-10-17(21-3)11-9-16/h4-14H,1-3H3/q+1/b5-4+,19-14+. The van der Waals surface area contributed by atoms with E-state index in [4.69, 9.17) is 21.1 Å². The van der Waals surface area contributed by atoms with Gasteiger partial charge in [0, 0.05) is 0 Å². The zero-order chi connectivity index (χ0) is 17.4. The molecule has 0 N–H and O–H groups in total. The summed E-state index contributed by atoms with van der Waals surface area (Å²) in [5.74, 6) is 1.56. The van der Waals surface area contributed by atoms with Crippen LogP contribution in [0.4, 0.5) is 0 Å². The van der Waals surface area contributed by atoms with E-state index in [1.54, 1.807) is 18.1 Å². The minimum atomic E-state index is -1.27. The molecule has 0 aliphatic carbocycles. The van der Waals surface area contributed by atoms with Crippen LogP contribution in [0, 0.1) is 0 Å². The second-order valence-electron chi connectivity index (χ2n) is 4.91. The van der Waals surface area contributed by atoms with E-state index in [2.05, 4.69) is 5.10 Å². The number of hydrogen-bond acceptors (Lipinski definition) is 4. The van der Waals surface area contributed by atoms with Crippen molar-refractivity contribution < 1.29 is 9.26 Å². The van der Waals surface area contributed by atoms with Crippen LogP contribution >= 0.6 is 7.07 Å². The number of ether oxygens (including phenoxy) is 1. The van der Waals surface area contributed by atoms with Crippen LogP contribution in [-0.4, -0.2) is 25.2 Å². The lowest BCUT2D eigenvalue weighted by atomic mass is 10.2. The molecule has 24 heavy (non-hydrogen) atoms. The summed E-state index contributed by atoms with van der Waals surface area (Å²) in [7, 11) is 2.19. The molecule has 4 nitrogen and oxygen atoms in total. The van der Waals surface area contributed by atoms with E-state index in [0.717, 1.165) is 22.6 Å². The van der Waals surface area contributed by atoms with E-state index < -0.39 is 7.07 Å². The first kappa shape index (κ1) is 18.1. The molecular weight excluding hydrogens is 339 g/mol. The molecule has 0 aromatic heterocycles. The first-order valence-corrected chi connectivity index (χ1v) is 9.64. The third-order valence-corrected chi connectivity index (χ3v) is 5.02. The molecule has 2 aromatic carbocycles. The molecule has 0 amide bonds. The summed E-state index contributed by atoms with van der Waals surface area (Å²) in [5, 5.41) is 4.35. The lowest BCUT2D eigenvalue weighted by Gasteiger charge is -2.03. The van der Waals surface area contributed by atoms with Crippen LogP contribution in [-0.2, 0) is 11.8 Å². The third-order valence-electron chi connectivity index (χ3n) is 3.15. The number of rotatable bonds is 7. The van der Waals surface area contributed by atoms with Crippen LogP contribution in [0.3, 0.4) is 0 Å². The van der Waals surface area contributed by atoms with Gasteiger partial charge in [-0.15, -0.1) is 5.10 Å². The van der Waals surface area contributed by atoms with Crippen LogP contribution < -0.4 is 9.26 Å². The molecule has 0 heterocycles. The molecule has 2 aromatic rings. The fourth-order valence-electron chi connectivity index (χ4n) is 1.86. The van der Waals surface area contributed by atoms with E-state index in [0.29, 0.717) is 0 Å². The lowest BCUT2D eigenvalue weighted by Crippen LogP contribution is -2.03. The van der Waals surface area contributed by atoms with Crippen molar-refractivity contribution in [2.24, 2.45) is 5.10 Å². The smallest absolute Gasteiger partial charge is 0.497 e. The van der Waals surface area contributed by atoms with E-state index in [1.165, 1.54) is 0 Å². The second-order valence-corrected chi connectivity index (χ2v) is 7.08. The zero-order valence-corrected chi connectivity index (χ0v) is 15.6. The number of methoxy groups -OCH3 is 1. The van der Waals surface area contributed by atoms with Crippen molar-refractivity contribution in [1.82, 2.24) is 4.78 Å². The quantitative estimate of drug-likeness (QED) is 0.402. The lowest BCUT2D eigenvalue weighted by molar-refractivity contribution is 0.415. The molecule has 1 unspecified atom stereocenters. The van der Waals surface area contributed by atoms with Gasteiger partial charge in [-0.2, -0.15) is 0 Å². The molecule has 0 saturated carbocycles. The largest absolute Gasteiger partial charge is 0.540 e. The van der Waals surface area contributed by atoms with Crippen LogP contribution in [0.25, 0.3) is 6.08 Å². The van der Waals surface area contributed by atoms with Crippen molar-refractivity contribution in [3.8, 4) is 11.5 Å². The fourth-order valence-corrected chi connectivity index (χ4v) is 2.80. The molecule has 124 valence electrons. The molecule has 0 saturated heterocycles. The van der Waals surface area contributed by atoms with Crippen molar-refractivity contribution in [2.75, 3.05) is 14.2 Å². The predicted molar refractivity (Wildman–Crippen MR) is 104 cm³/mol. The van der Waals surface area contributed by atoms with E-state index in [9.17, 15) is 0 Å². The monoisotopic (exact) mass is 359 g/mol. The molecular formula is C18H20N2O2PS+. The topological polar surface area (TPSA) is 34.1 Å². The zero-order valence-electron chi connectivity index (χ0n) is 13.9. The Morgan fingerprint density at radius 2 is 1.58 bits per heavy atom. The third kappa shape index (κ3) is 5.44. The van der Waals surface area contributed by atoms with Gasteiger partial charge in [0.1, 0.15) is 5.75 Å². The fraction of sp³-hybridized carbons (Fsp3) is 0.167. The van der Waals surface area contributed by atoms with Crippen LogP contribution in [0.2, 0.25) is 0 Å². The summed E-state index contributed by atoms with van der Waals surface area (Å²) >= 11 is 5.40. The van der Waals surface area contributed by atoms with Gasteiger partial charge in [0.15, 0.2) is 5.75 Å². The van der Waals surface area contributed by atoms with Crippen molar-refractivity contribution in [1.29, 1.82) is 0 Å². The summed E-state index contributed by atoms with van der Waals surface area (Å²) in [6, 6.07) is 15.5. The van der Waals surface area contributed by atoms with Crippen LogP contribution in [0.5, 0.6) is 11.5 Å². The normalized spacial score (nSPS) is 11.7. The van der Waals surface area contributed by atoms with Gasteiger partial charge in [0.05, 0.1) is 20.4 Å². The Hall–Kier alpha value is -2.23. The Bertz CT molecular complexity index is 728. The minimum Gasteiger partial charge on any atom is -0.497 e. The number of allylic oxidation sites excluding steroid dienone is 1. The average molecular weight is 359 g/mol. The van der Waals surface area contributed by atoms with Gasteiger partial charge < -0.3 is 4.74 Å². The van der Waals surface area contributed by atoms with Gasteiger partial charge in [-0.1, -0.05) is 29.1 Å². The Kier molecular flexibility index (Phi) is 6.91. The SMILES string of the molecule is C/C=C/c1ccc(O[P+](=S)N(C)/N=C/c2ccc(OC)cc2)cc1. The first-order chi connectivity index (χ1) is 11.6. The minimum absolute atomic E-state index is 0.746. The number of hydrazone groups is 1. The summed E-state index contributed by atoms with van der Waals surface area (Å²) in [6.07, 6.45) is 5.78. The van der Waals surface area contributed by atoms with E-state index in [1.807, 2.05) is 74.7 Å². The maximum atomic E-state index is 5.78. The van der Waals surface area contributed by atoms with Crippen LogP contribution in [0.1, 0.15) is 18.1 Å². The Balaban J connectivity index is 1.94. The highest BCUT2D eigenvalue weighted by Gasteiger charge is 2.20. The highest BCUT2D eigenvalue weighted by atomic mass is 32.4. The number of nitrogens with zero attached hydrogens (tertiary/aromatic N) is 2. The molecule has 0 aliphatic heterocycles. The first-order valence-electron chi connectivity index (χ1n) is 7.42. The average Bonchev–Trinajstić information content (AvgIpc) is 2.62. The summed E-state index contributed by atoms with van der Waals surface area (Å²) in [5.41, 5.74) is 2.10. The number of benzene rings is 2. The molecule has 0 fully saturated rings. The maximum Gasteiger partial charge on any atom is 0.540 e. The van der Waals surface area contributed by atoms with Crippen molar-refractivity contribution in [2.45, 2.75) is 6.92 Å². The van der Waals surface area contributed by atoms with Crippen molar-refractivity contribution >= 4 is 31.2 Å². The Morgan fingerprint density at radius 1 is 1.00 bits per heavy atom. The Labute approximate surface area is 149 Å². The number of hydrogen-bond donors (Lipinski definition) is 0. The van der Waals surface area contributed by atoms with Gasteiger partial charge in [0.2, 0.25) is 11.8 Å². The van der Waals surface area contributed by atoms with Crippen LogP contribution in [0.15, 0.2) is 59.7 Å². The van der Waals surface area contributed by atoms with Gasteiger partial charge in [-0.05, 0) is 54.4 Å². The summed E-state index contributed by atoms with van der Waals surface area (Å²) in [6.45, 7) is 1.99. The highest BCUT2D eigenvalue weighted by molar-refractivity contribution is 8.02. The molecule has 0 radical (unpaired) electrons.